The summed E-state index contributed by atoms with van der Waals surface area (Å²) in [4.78, 5) is 25.3. The van der Waals surface area contributed by atoms with Crippen LogP contribution in [0.2, 0.25) is 5.02 Å². The van der Waals surface area contributed by atoms with Crippen molar-refractivity contribution in [2.45, 2.75) is 32.6 Å². The molecule has 184 valence electrons. The largest absolute Gasteiger partial charge is 0.352 e. The maximum atomic E-state index is 13.0. The highest BCUT2D eigenvalue weighted by Gasteiger charge is 2.21. The van der Waals surface area contributed by atoms with Gasteiger partial charge in [0, 0.05) is 17.8 Å². The van der Waals surface area contributed by atoms with E-state index in [0.717, 1.165) is 11.1 Å². The van der Waals surface area contributed by atoms with Gasteiger partial charge in [0.15, 0.2) is 0 Å². The lowest BCUT2D eigenvalue weighted by atomic mass is 10.1. The van der Waals surface area contributed by atoms with Gasteiger partial charge >= 0.3 is 0 Å². The number of nitrogens with one attached hydrogen (secondary N) is 3. The first-order valence-corrected chi connectivity index (χ1v) is 12.9. The van der Waals surface area contributed by atoms with Crippen molar-refractivity contribution in [3.63, 3.8) is 0 Å². The number of sulfonamides is 1. The molecule has 35 heavy (non-hydrogen) atoms. The summed E-state index contributed by atoms with van der Waals surface area (Å²) in [5.41, 5.74) is 3.04. The number of carbonyl (C=O) groups is 2. The Hall–Kier alpha value is -3.36. The molecule has 0 saturated carbocycles. The fourth-order valence-corrected chi connectivity index (χ4v) is 4.82. The number of hydrogen-bond acceptors (Lipinski definition) is 4. The Balaban J connectivity index is 1.85. The van der Waals surface area contributed by atoms with Gasteiger partial charge in [0.2, 0.25) is 0 Å². The van der Waals surface area contributed by atoms with Crippen molar-refractivity contribution in [1.29, 1.82) is 0 Å². The number of anilines is 2. The molecule has 0 aromatic heterocycles. The highest BCUT2D eigenvalue weighted by atomic mass is 35.5. The molecule has 0 bridgehead atoms. The number of hydrogen-bond donors (Lipinski definition) is 3. The zero-order valence-electron chi connectivity index (χ0n) is 20.0. The van der Waals surface area contributed by atoms with Gasteiger partial charge in [0.1, 0.15) is 4.90 Å². The first-order chi connectivity index (χ1) is 16.5. The predicted octanol–water partition coefficient (Wildman–Crippen LogP) is 5.40. The molecule has 0 aliphatic carbocycles. The lowest BCUT2D eigenvalue weighted by molar-refractivity contribution is 0.0950. The SMILES string of the molecule is Cc1ccc(NS(=O)(=O)c2cc(C(=O)Nc3ccccc3C(=O)NCC(C)C)ccc2Cl)cc1C. The Morgan fingerprint density at radius 3 is 2.31 bits per heavy atom. The third-order valence-electron chi connectivity index (χ3n) is 5.33. The Labute approximate surface area is 211 Å². The van der Waals surface area contributed by atoms with E-state index in [-0.39, 0.29) is 27.3 Å². The second kappa shape index (κ2) is 10.9. The van der Waals surface area contributed by atoms with Gasteiger partial charge < -0.3 is 10.6 Å². The molecular weight excluding hydrogens is 486 g/mol. The van der Waals surface area contributed by atoms with Gasteiger partial charge in [-0.2, -0.15) is 0 Å². The first kappa shape index (κ1) is 26.2. The normalized spacial score (nSPS) is 11.3. The van der Waals surface area contributed by atoms with Crippen molar-refractivity contribution >= 4 is 44.8 Å². The Morgan fingerprint density at radius 1 is 0.914 bits per heavy atom. The molecule has 9 heteroatoms. The standard InChI is InChI=1S/C26H28ClN3O4S/c1-16(2)15-28-26(32)21-7-5-6-8-23(21)29-25(31)19-10-12-22(27)24(14-19)35(33,34)30-20-11-9-17(3)18(4)13-20/h5-14,16,30H,15H2,1-4H3,(H,28,32)(H,29,31). The smallest absolute Gasteiger partial charge is 0.263 e. The molecule has 3 aromatic rings. The van der Waals surface area contributed by atoms with Crippen molar-refractivity contribution in [1.82, 2.24) is 5.32 Å². The highest BCUT2D eigenvalue weighted by Crippen LogP contribution is 2.26. The summed E-state index contributed by atoms with van der Waals surface area (Å²) in [7, 11) is -4.07. The average Bonchev–Trinajstić information content (AvgIpc) is 2.80. The summed E-state index contributed by atoms with van der Waals surface area (Å²) in [6.45, 7) is 8.27. The summed E-state index contributed by atoms with van der Waals surface area (Å²) in [5.74, 6) is -0.618. The fourth-order valence-electron chi connectivity index (χ4n) is 3.24. The molecule has 0 fully saturated rings. The van der Waals surface area contributed by atoms with Crippen LogP contribution in [0.25, 0.3) is 0 Å². The molecule has 3 N–H and O–H groups in total. The summed E-state index contributed by atoms with van der Waals surface area (Å²) in [5, 5.41) is 5.50. The maximum absolute atomic E-state index is 13.0. The number of carbonyl (C=O) groups excluding carboxylic acids is 2. The summed E-state index contributed by atoms with van der Waals surface area (Å²) in [6.07, 6.45) is 0. The van der Waals surface area contributed by atoms with Crippen molar-refractivity contribution in [2.75, 3.05) is 16.6 Å². The molecular formula is C26H28ClN3O4S. The second-order valence-electron chi connectivity index (χ2n) is 8.65. The molecule has 0 aliphatic rings. The number of halogens is 1. The summed E-state index contributed by atoms with van der Waals surface area (Å²) in [6, 6.07) is 15.8. The summed E-state index contributed by atoms with van der Waals surface area (Å²) < 4.78 is 28.6. The summed E-state index contributed by atoms with van der Waals surface area (Å²) >= 11 is 6.19. The third kappa shape index (κ3) is 6.61. The molecule has 3 aromatic carbocycles. The molecule has 0 atom stereocenters. The van der Waals surface area contributed by atoms with E-state index in [1.807, 2.05) is 33.8 Å². The van der Waals surface area contributed by atoms with Crippen molar-refractivity contribution < 1.29 is 18.0 Å². The van der Waals surface area contributed by atoms with E-state index in [2.05, 4.69) is 15.4 Å². The van der Waals surface area contributed by atoms with Crippen molar-refractivity contribution in [2.24, 2.45) is 5.92 Å². The van der Waals surface area contributed by atoms with Gasteiger partial charge in [0.05, 0.1) is 16.3 Å². The third-order valence-corrected chi connectivity index (χ3v) is 7.20. The quantitative estimate of drug-likeness (QED) is 0.375. The lowest BCUT2D eigenvalue weighted by Crippen LogP contribution is -2.28. The zero-order valence-corrected chi connectivity index (χ0v) is 21.5. The topological polar surface area (TPSA) is 104 Å². The maximum Gasteiger partial charge on any atom is 0.263 e. The van der Waals surface area contributed by atoms with Crippen LogP contribution in [0, 0.1) is 19.8 Å². The van der Waals surface area contributed by atoms with Crippen LogP contribution >= 0.6 is 11.6 Å². The van der Waals surface area contributed by atoms with E-state index >= 15 is 0 Å². The van der Waals surface area contributed by atoms with Crippen LogP contribution < -0.4 is 15.4 Å². The Morgan fingerprint density at radius 2 is 1.63 bits per heavy atom. The van der Waals surface area contributed by atoms with Crippen LogP contribution in [0.5, 0.6) is 0 Å². The number of aryl methyl sites for hydroxylation is 2. The van der Waals surface area contributed by atoms with E-state index in [1.165, 1.54) is 18.2 Å². The van der Waals surface area contributed by atoms with Crippen LogP contribution in [0.15, 0.2) is 65.6 Å². The molecule has 0 heterocycles. The molecule has 0 unspecified atom stereocenters. The minimum Gasteiger partial charge on any atom is -0.352 e. The van der Waals surface area contributed by atoms with Crippen molar-refractivity contribution in [3.8, 4) is 0 Å². The van der Waals surface area contributed by atoms with Crippen LogP contribution in [0.1, 0.15) is 45.7 Å². The average molecular weight is 514 g/mol. The van der Waals surface area contributed by atoms with Crippen LogP contribution in [-0.4, -0.2) is 26.8 Å². The lowest BCUT2D eigenvalue weighted by Gasteiger charge is -2.14. The van der Waals surface area contributed by atoms with Crippen LogP contribution in [0.3, 0.4) is 0 Å². The van der Waals surface area contributed by atoms with Gasteiger partial charge in [-0.15, -0.1) is 0 Å². The van der Waals surface area contributed by atoms with Gasteiger partial charge in [0.25, 0.3) is 21.8 Å². The monoisotopic (exact) mass is 513 g/mol. The molecule has 3 rings (SSSR count). The minimum absolute atomic E-state index is 0.0219. The van der Waals surface area contributed by atoms with Gasteiger partial charge in [-0.3, -0.25) is 14.3 Å². The van der Waals surface area contributed by atoms with E-state index < -0.39 is 15.9 Å². The van der Waals surface area contributed by atoms with Crippen LogP contribution in [0.4, 0.5) is 11.4 Å². The number of rotatable bonds is 8. The van der Waals surface area contributed by atoms with E-state index in [1.54, 1.807) is 36.4 Å². The molecule has 7 nitrogen and oxygen atoms in total. The molecule has 0 saturated heterocycles. The Kier molecular flexibility index (Phi) is 8.19. The van der Waals surface area contributed by atoms with Crippen LogP contribution in [-0.2, 0) is 10.0 Å². The van der Waals surface area contributed by atoms with Crippen molar-refractivity contribution in [3.05, 3.63) is 87.9 Å². The number of benzene rings is 3. The molecule has 0 radical (unpaired) electrons. The van der Waals surface area contributed by atoms with Gasteiger partial charge in [-0.1, -0.05) is 43.6 Å². The first-order valence-electron chi connectivity index (χ1n) is 11.1. The van der Waals surface area contributed by atoms with E-state index in [0.29, 0.717) is 23.5 Å². The highest BCUT2D eigenvalue weighted by molar-refractivity contribution is 7.92. The molecule has 2 amide bonds. The Bertz CT molecular complexity index is 1370. The van der Waals surface area contributed by atoms with E-state index in [9.17, 15) is 18.0 Å². The number of para-hydroxylation sites is 1. The molecule has 0 aliphatic heterocycles. The fraction of sp³-hybridized carbons (Fsp3) is 0.231. The molecule has 0 spiro atoms. The second-order valence-corrected chi connectivity index (χ2v) is 10.7. The van der Waals surface area contributed by atoms with Gasteiger partial charge in [-0.05, 0) is 73.4 Å². The minimum atomic E-state index is -4.07. The predicted molar refractivity (Wildman–Crippen MR) is 140 cm³/mol. The van der Waals surface area contributed by atoms with Gasteiger partial charge in [-0.25, -0.2) is 8.42 Å². The number of amides is 2. The van der Waals surface area contributed by atoms with E-state index in [4.69, 9.17) is 11.6 Å². The zero-order chi connectivity index (χ0) is 25.8.